The van der Waals surface area contributed by atoms with Crippen LogP contribution in [0.5, 0.6) is 0 Å². The number of rotatable bonds is 4. The Morgan fingerprint density at radius 2 is 2.15 bits per heavy atom. The summed E-state index contributed by atoms with van der Waals surface area (Å²) in [6.07, 6.45) is 3.08. The van der Waals surface area contributed by atoms with E-state index in [-0.39, 0.29) is 28.5 Å². The van der Waals surface area contributed by atoms with Gasteiger partial charge in [0.1, 0.15) is 11.5 Å². The van der Waals surface area contributed by atoms with Gasteiger partial charge in [-0.3, -0.25) is 10.1 Å². The number of hydrogen-bond acceptors (Lipinski definition) is 4. The number of nitro groups is 1. The Morgan fingerprint density at radius 3 is 2.80 bits per heavy atom. The van der Waals surface area contributed by atoms with Gasteiger partial charge in [0.2, 0.25) is 0 Å². The smallest absolute Gasteiger partial charge is 0.294 e. The van der Waals surface area contributed by atoms with Gasteiger partial charge >= 0.3 is 0 Å². The van der Waals surface area contributed by atoms with Crippen LogP contribution in [0.25, 0.3) is 0 Å². The Bertz CT molecular complexity index is 551. The van der Waals surface area contributed by atoms with E-state index in [1.807, 2.05) is 0 Å². The minimum absolute atomic E-state index is 0.0122. The van der Waals surface area contributed by atoms with E-state index in [9.17, 15) is 14.5 Å². The molecule has 2 aliphatic rings. The Kier molecular flexibility index (Phi) is 3.52. The van der Waals surface area contributed by atoms with Crippen LogP contribution >= 0.6 is 11.6 Å². The van der Waals surface area contributed by atoms with Gasteiger partial charge in [0, 0.05) is 18.7 Å². The molecule has 1 saturated carbocycles. The van der Waals surface area contributed by atoms with Crippen molar-refractivity contribution in [2.45, 2.75) is 31.4 Å². The lowest BCUT2D eigenvalue weighted by molar-refractivity contribution is -0.384. The third-order valence-electron chi connectivity index (χ3n) is 3.80. The summed E-state index contributed by atoms with van der Waals surface area (Å²) in [7, 11) is 0. The number of benzene rings is 1. The first-order valence-corrected chi connectivity index (χ1v) is 6.95. The quantitative estimate of drug-likeness (QED) is 0.684. The summed E-state index contributed by atoms with van der Waals surface area (Å²) < 4.78 is 19.2. The molecule has 2 unspecified atom stereocenters. The van der Waals surface area contributed by atoms with Gasteiger partial charge < -0.3 is 10.1 Å². The Morgan fingerprint density at radius 1 is 1.40 bits per heavy atom. The molecule has 5 nitrogen and oxygen atoms in total. The number of ether oxygens (including phenoxy) is 1. The first kappa shape index (κ1) is 13.6. The normalized spacial score (nSPS) is 25.7. The molecule has 1 saturated heterocycles. The summed E-state index contributed by atoms with van der Waals surface area (Å²) in [4.78, 5) is 10.5. The fourth-order valence-corrected chi connectivity index (χ4v) is 2.82. The van der Waals surface area contributed by atoms with Crippen LogP contribution in [0.15, 0.2) is 12.1 Å². The van der Waals surface area contributed by atoms with Crippen molar-refractivity contribution >= 4 is 23.0 Å². The molecule has 108 valence electrons. The molecule has 1 aromatic carbocycles. The van der Waals surface area contributed by atoms with Crippen molar-refractivity contribution in [1.29, 1.82) is 0 Å². The first-order chi connectivity index (χ1) is 9.56. The molecule has 0 bridgehead atoms. The molecule has 1 aromatic rings. The van der Waals surface area contributed by atoms with Crippen molar-refractivity contribution < 1.29 is 14.1 Å². The van der Waals surface area contributed by atoms with Gasteiger partial charge in [-0.2, -0.15) is 0 Å². The number of hydrogen-bond donors (Lipinski definition) is 1. The zero-order valence-electron chi connectivity index (χ0n) is 10.6. The fourth-order valence-electron chi connectivity index (χ4n) is 2.66. The topological polar surface area (TPSA) is 64.4 Å². The molecule has 2 atom stereocenters. The molecule has 0 spiro atoms. The van der Waals surface area contributed by atoms with E-state index in [1.165, 1.54) is 0 Å². The van der Waals surface area contributed by atoms with E-state index in [4.69, 9.17) is 16.3 Å². The average molecular weight is 301 g/mol. The van der Waals surface area contributed by atoms with Gasteiger partial charge in [-0.25, -0.2) is 4.39 Å². The lowest BCUT2D eigenvalue weighted by Crippen LogP contribution is -2.31. The van der Waals surface area contributed by atoms with Gasteiger partial charge in [-0.05, 0) is 25.2 Å². The Labute approximate surface area is 120 Å². The maximum Gasteiger partial charge on any atom is 0.294 e. The molecule has 2 fully saturated rings. The third kappa shape index (κ3) is 2.58. The summed E-state index contributed by atoms with van der Waals surface area (Å²) in [5.41, 5.74) is -0.0455. The molecule has 0 aromatic heterocycles. The lowest BCUT2D eigenvalue weighted by atomic mass is 10.1. The van der Waals surface area contributed by atoms with E-state index in [0.29, 0.717) is 12.5 Å². The van der Waals surface area contributed by atoms with E-state index < -0.39 is 10.7 Å². The van der Waals surface area contributed by atoms with Crippen LogP contribution in [0, 0.1) is 21.8 Å². The minimum atomic E-state index is -0.665. The van der Waals surface area contributed by atoms with Crippen LogP contribution in [-0.2, 0) is 4.74 Å². The van der Waals surface area contributed by atoms with Gasteiger partial charge in [0.15, 0.2) is 0 Å². The number of nitrogens with one attached hydrogen (secondary N) is 1. The van der Waals surface area contributed by atoms with Gasteiger partial charge in [-0.15, -0.1) is 0 Å². The molecule has 0 amide bonds. The molecule has 20 heavy (non-hydrogen) atoms. The second-order valence-electron chi connectivity index (χ2n) is 5.25. The molecule has 1 aliphatic heterocycles. The standard InChI is InChI=1S/C13H14ClFN2O3/c14-8-5-12(17(18)19)11(6-9(8)15)16-10-3-4-20-13(10)7-1-2-7/h5-7,10,13,16H,1-4H2. The summed E-state index contributed by atoms with van der Waals surface area (Å²) in [5.74, 6) is -0.146. The highest BCUT2D eigenvalue weighted by molar-refractivity contribution is 6.31. The van der Waals surface area contributed by atoms with Crippen molar-refractivity contribution in [2.24, 2.45) is 5.92 Å². The van der Waals surface area contributed by atoms with Crippen LogP contribution < -0.4 is 5.32 Å². The predicted molar refractivity (Wildman–Crippen MR) is 72.6 cm³/mol. The van der Waals surface area contributed by atoms with Gasteiger partial charge in [-0.1, -0.05) is 11.6 Å². The second kappa shape index (κ2) is 5.18. The van der Waals surface area contributed by atoms with Crippen LogP contribution in [0.2, 0.25) is 5.02 Å². The summed E-state index contributed by atoms with van der Waals surface area (Å²) in [6.45, 7) is 0.628. The maximum absolute atomic E-state index is 13.5. The molecular formula is C13H14ClFN2O3. The summed E-state index contributed by atoms with van der Waals surface area (Å²) in [5, 5.41) is 13.9. The van der Waals surface area contributed by atoms with Crippen LogP contribution in [-0.4, -0.2) is 23.7 Å². The number of nitro benzene ring substituents is 1. The van der Waals surface area contributed by atoms with Crippen molar-refractivity contribution in [3.8, 4) is 0 Å². The van der Waals surface area contributed by atoms with E-state index >= 15 is 0 Å². The van der Waals surface area contributed by atoms with E-state index in [0.717, 1.165) is 31.4 Å². The van der Waals surface area contributed by atoms with Gasteiger partial charge in [0.05, 0.1) is 22.1 Å². The molecule has 1 aliphatic carbocycles. The molecule has 1 N–H and O–H groups in total. The highest BCUT2D eigenvalue weighted by atomic mass is 35.5. The first-order valence-electron chi connectivity index (χ1n) is 6.58. The fraction of sp³-hybridized carbons (Fsp3) is 0.538. The van der Waals surface area contributed by atoms with Crippen molar-refractivity contribution in [3.05, 3.63) is 33.1 Å². The highest BCUT2D eigenvalue weighted by Gasteiger charge is 2.41. The van der Waals surface area contributed by atoms with Crippen LogP contribution in [0.1, 0.15) is 19.3 Å². The zero-order chi connectivity index (χ0) is 14.3. The van der Waals surface area contributed by atoms with Crippen molar-refractivity contribution in [1.82, 2.24) is 0 Å². The second-order valence-corrected chi connectivity index (χ2v) is 5.66. The molecule has 3 rings (SSSR count). The summed E-state index contributed by atoms with van der Waals surface area (Å²) >= 11 is 5.60. The Hall–Kier alpha value is -1.40. The number of halogens is 2. The predicted octanol–water partition coefficient (Wildman–Crippen LogP) is 3.37. The zero-order valence-corrected chi connectivity index (χ0v) is 11.4. The van der Waals surface area contributed by atoms with Crippen LogP contribution in [0.3, 0.4) is 0 Å². The molecule has 0 radical (unpaired) electrons. The van der Waals surface area contributed by atoms with Crippen molar-refractivity contribution in [3.63, 3.8) is 0 Å². The monoisotopic (exact) mass is 300 g/mol. The number of nitrogens with zero attached hydrogens (tertiary/aromatic N) is 1. The van der Waals surface area contributed by atoms with E-state index in [2.05, 4.69) is 5.32 Å². The Balaban J connectivity index is 1.85. The molecular weight excluding hydrogens is 287 g/mol. The maximum atomic E-state index is 13.5. The minimum Gasteiger partial charge on any atom is -0.376 e. The highest BCUT2D eigenvalue weighted by Crippen LogP contribution is 2.40. The lowest BCUT2D eigenvalue weighted by Gasteiger charge is -2.20. The SMILES string of the molecule is O=[N+]([O-])c1cc(Cl)c(F)cc1NC1CCOC1C1CC1. The van der Waals surface area contributed by atoms with E-state index in [1.54, 1.807) is 0 Å². The summed E-state index contributed by atoms with van der Waals surface area (Å²) in [6, 6.07) is 2.12. The van der Waals surface area contributed by atoms with Crippen LogP contribution in [0.4, 0.5) is 15.8 Å². The molecule has 1 heterocycles. The molecule has 7 heteroatoms. The third-order valence-corrected chi connectivity index (χ3v) is 4.09. The number of anilines is 1. The van der Waals surface area contributed by atoms with Crippen molar-refractivity contribution in [2.75, 3.05) is 11.9 Å². The van der Waals surface area contributed by atoms with Gasteiger partial charge in [0.25, 0.3) is 5.69 Å². The largest absolute Gasteiger partial charge is 0.376 e. The average Bonchev–Trinajstić information content (AvgIpc) is 3.14.